The molecule has 4 heteroatoms. The molecule has 46 heavy (non-hydrogen) atoms. The van der Waals surface area contributed by atoms with Crippen LogP contribution in [0.3, 0.4) is 0 Å². The number of para-hydroxylation sites is 1. The minimum Gasteiger partial charge on any atom is -0.309 e. The van der Waals surface area contributed by atoms with Crippen LogP contribution in [0.4, 0.5) is 0 Å². The van der Waals surface area contributed by atoms with Gasteiger partial charge in [-0.25, -0.2) is 9.97 Å². The SMILES string of the molecule is C1=Cc2c(ccc3c4ccccc4n(-c4cccc(-c5cc(-c6ccccc6)nc(-c6ccccc6)n5)c4)c23)Sc2ccccc21. The summed E-state index contributed by atoms with van der Waals surface area (Å²) in [5, 5.41) is 2.49. The number of hydrogen-bond donors (Lipinski definition) is 0. The van der Waals surface area contributed by atoms with Crippen LogP contribution >= 0.6 is 11.8 Å². The van der Waals surface area contributed by atoms with E-state index in [9.17, 15) is 0 Å². The highest BCUT2D eigenvalue weighted by Gasteiger charge is 2.20. The average Bonchev–Trinajstić information content (AvgIpc) is 3.34. The van der Waals surface area contributed by atoms with Crippen LogP contribution in [0.25, 0.3) is 73.5 Å². The second-order valence-corrected chi connectivity index (χ2v) is 12.5. The van der Waals surface area contributed by atoms with E-state index in [1.165, 1.54) is 42.7 Å². The molecule has 0 atom stereocenters. The predicted molar refractivity (Wildman–Crippen MR) is 192 cm³/mol. The fraction of sp³-hybridized carbons (Fsp3) is 0. The van der Waals surface area contributed by atoms with Crippen molar-refractivity contribution >= 4 is 45.7 Å². The lowest BCUT2D eigenvalue weighted by Crippen LogP contribution is -1.98. The second kappa shape index (κ2) is 11.0. The first-order valence-electron chi connectivity index (χ1n) is 15.4. The Bertz CT molecular complexity index is 2380. The molecule has 0 saturated heterocycles. The molecule has 2 aromatic heterocycles. The molecule has 0 bridgehead atoms. The monoisotopic (exact) mass is 605 g/mol. The van der Waals surface area contributed by atoms with Crippen LogP contribution in [0.2, 0.25) is 0 Å². The average molecular weight is 606 g/mol. The molecule has 0 fully saturated rings. The summed E-state index contributed by atoms with van der Waals surface area (Å²) in [6, 6.07) is 53.3. The second-order valence-electron chi connectivity index (χ2n) is 11.4. The summed E-state index contributed by atoms with van der Waals surface area (Å²) in [6.07, 6.45) is 4.54. The highest BCUT2D eigenvalue weighted by atomic mass is 32.2. The third-order valence-electron chi connectivity index (χ3n) is 8.63. The lowest BCUT2D eigenvalue weighted by atomic mass is 10.1. The van der Waals surface area contributed by atoms with E-state index < -0.39 is 0 Å². The van der Waals surface area contributed by atoms with Gasteiger partial charge in [-0.05, 0) is 42.0 Å². The van der Waals surface area contributed by atoms with Crippen LogP contribution in [0.15, 0.2) is 161 Å². The Hall–Kier alpha value is -5.71. The maximum absolute atomic E-state index is 5.12. The Labute approximate surface area is 271 Å². The van der Waals surface area contributed by atoms with E-state index in [2.05, 4.69) is 144 Å². The molecule has 6 aromatic carbocycles. The van der Waals surface area contributed by atoms with Gasteiger partial charge in [-0.2, -0.15) is 0 Å². The van der Waals surface area contributed by atoms with Crippen molar-refractivity contribution in [2.45, 2.75) is 9.79 Å². The largest absolute Gasteiger partial charge is 0.309 e. The number of aromatic nitrogens is 3. The van der Waals surface area contributed by atoms with E-state index >= 15 is 0 Å². The van der Waals surface area contributed by atoms with E-state index in [-0.39, 0.29) is 0 Å². The fourth-order valence-electron chi connectivity index (χ4n) is 6.46. The predicted octanol–water partition coefficient (Wildman–Crippen LogP) is 11.2. The van der Waals surface area contributed by atoms with E-state index in [1.807, 2.05) is 36.0 Å². The summed E-state index contributed by atoms with van der Waals surface area (Å²) in [4.78, 5) is 12.6. The number of benzene rings is 6. The Morgan fingerprint density at radius 1 is 0.478 bits per heavy atom. The zero-order valence-corrected chi connectivity index (χ0v) is 25.7. The van der Waals surface area contributed by atoms with Crippen molar-refractivity contribution in [2.75, 3.05) is 0 Å². The Morgan fingerprint density at radius 2 is 1.17 bits per heavy atom. The van der Waals surface area contributed by atoms with Crippen molar-refractivity contribution in [1.29, 1.82) is 0 Å². The maximum Gasteiger partial charge on any atom is 0.160 e. The molecule has 0 radical (unpaired) electrons. The van der Waals surface area contributed by atoms with Gasteiger partial charge < -0.3 is 4.57 Å². The van der Waals surface area contributed by atoms with Gasteiger partial charge in [-0.15, -0.1) is 0 Å². The summed E-state index contributed by atoms with van der Waals surface area (Å²) in [7, 11) is 0. The third kappa shape index (κ3) is 4.54. The summed E-state index contributed by atoms with van der Waals surface area (Å²) >= 11 is 1.84. The smallest absolute Gasteiger partial charge is 0.160 e. The molecule has 0 aliphatic carbocycles. The molecule has 9 rings (SSSR count). The van der Waals surface area contributed by atoms with E-state index in [0.717, 1.165) is 33.8 Å². The lowest BCUT2D eigenvalue weighted by molar-refractivity contribution is 1.16. The zero-order chi connectivity index (χ0) is 30.5. The van der Waals surface area contributed by atoms with Gasteiger partial charge in [0.25, 0.3) is 0 Å². The first-order valence-corrected chi connectivity index (χ1v) is 16.2. The van der Waals surface area contributed by atoms with Gasteiger partial charge in [0.05, 0.1) is 22.4 Å². The molecule has 216 valence electrons. The first-order chi connectivity index (χ1) is 22.8. The summed E-state index contributed by atoms with van der Waals surface area (Å²) in [5.74, 6) is 0.714. The van der Waals surface area contributed by atoms with E-state index in [0.29, 0.717) is 5.82 Å². The van der Waals surface area contributed by atoms with Crippen LogP contribution in [0.1, 0.15) is 11.1 Å². The van der Waals surface area contributed by atoms with Gasteiger partial charge in [0.2, 0.25) is 0 Å². The van der Waals surface area contributed by atoms with Gasteiger partial charge in [-0.3, -0.25) is 0 Å². The van der Waals surface area contributed by atoms with Crippen LogP contribution in [0, 0.1) is 0 Å². The molecule has 3 heterocycles. The van der Waals surface area contributed by atoms with Crippen molar-refractivity contribution in [2.24, 2.45) is 0 Å². The summed E-state index contributed by atoms with van der Waals surface area (Å²) in [6.45, 7) is 0. The quantitative estimate of drug-likeness (QED) is 0.200. The molecule has 0 N–H and O–H groups in total. The van der Waals surface area contributed by atoms with Crippen molar-refractivity contribution in [3.8, 4) is 39.6 Å². The van der Waals surface area contributed by atoms with E-state index in [4.69, 9.17) is 9.97 Å². The van der Waals surface area contributed by atoms with Crippen LogP contribution < -0.4 is 0 Å². The molecule has 0 spiro atoms. The van der Waals surface area contributed by atoms with Crippen molar-refractivity contribution in [3.05, 3.63) is 163 Å². The lowest BCUT2D eigenvalue weighted by Gasteiger charge is -2.14. The molecule has 0 amide bonds. The molecular weight excluding hydrogens is 579 g/mol. The Balaban J connectivity index is 1.26. The molecule has 3 nitrogen and oxygen atoms in total. The summed E-state index contributed by atoms with van der Waals surface area (Å²) in [5.41, 5.74) is 10.9. The third-order valence-corrected chi connectivity index (χ3v) is 9.80. The van der Waals surface area contributed by atoms with Crippen molar-refractivity contribution in [1.82, 2.24) is 14.5 Å². The normalized spacial score (nSPS) is 12.2. The molecule has 8 aromatic rings. The Kier molecular flexibility index (Phi) is 6.39. The van der Waals surface area contributed by atoms with Gasteiger partial charge in [-0.1, -0.05) is 139 Å². The molecule has 1 aliphatic rings. The number of rotatable bonds is 4. The molecule has 0 unspecified atom stereocenters. The van der Waals surface area contributed by atoms with Gasteiger partial charge in [0.1, 0.15) is 0 Å². The minimum atomic E-state index is 0.714. The molecule has 1 aliphatic heterocycles. The maximum atomic E-state index is 5.12. The Morgan fingerprint density at radius 3 is 2.02 bits per heavy atom. The van der Waals surface area contributed by atoms with Crippen LogP contribution in [0.5, 0.6) is 0 Å². The highest BCUT2D eigenvalue weighted by molar-refractivity contribution is 7.99. The number of fused-ring (bicyclic) bond motifs is 6. The number of hydrogen-bond acceptors (Lipinski definition) is 3. The van der Waals surface area contributed by atoms with Gasteiger partial charge in [0.15, 0.2) is 5.82 Å². The zero-order valence-electron chi connectivity index (χ0n) is 24.8. The standard InChI is InChI=1S/C42H27N3S/c1-3-12-28(13-4-1)36-27-37(44-42(43-36)30-15-5-2-6-16-30)31-17-11-18-32(26-31)45-38-20-9-8-19-33(38)34-24-25-40-35(41(34)45)23-22-29-14-7-10-21-39(29)46-40/h1-27H. The van der Waals surface area contributed by atoms with Crippen molar-refractivity contribution in [3.63, 3.8) is 0 Å². The van der Waals surface area contributed by atoms with Gasteiger partial charge in [0, 0.05) is 48.5 Å². The topological polar surface area (TPSA) is 30.7 Å². The summed E-state index contributed by atoms with van der Waals surface area (Å²) < 4.78 is 2.42. The van der Waals surface area contributed by atoms with Crippen LogP contribution in [-0.2, 0) is 0 Å². The molecule has 0 saturated carbocycles. The number of nitrogens with zero attached hydrogens (tertiary/aromatic N) is 3. The minimum absolute atomic E-state index is 0.714. The van der Waals surface area contributed by atoms with Gasteiger partial charge >= 0.3 is 0 Å². The van der Waals surface area contributed by atoms with Crippen molar-refractivity contribution < 1.29 is 0 Å². The van der Waals surface area contributed by atoms with E-state index in [1.54, 1.807) is 0 Å². The highest BCUT2D eigenvalue weighted by Crippen LogP contribution is 2.43. The first kappa shape index (κ1) is 26.7. The van der Waals surface area contributed by atoms with Crippen LogP contribution in [-0.4, -0.2) is 14.5 Å². The fourth-order valence-corrected chi connectivity index (χ4v) is 7.51. The molecular formula is C42H27N3S.